The fourth-order valence-corrected chi connectivity index (χ4v) is 5.04. The van der Waals surface area contributed by atoms with Crippen LogP contribution in [0.4, 0.5) is 5.13 Å². The van der Waals surface area contributed by atoms with Crippen molar-refractivity contribution >= 4 is 38.2 Å². The number of thiazole rings is 1. The van der Waals surface area contributed by atoms with Gasteiger partial charge in [-0.05, 0) is 30.7 Å². The van der Waals surface area contributed by atoms with E-state index in [1.165, 1.54) is 17.4 Å². The molecule has 1 unspecified atom stereocenters. The summed E-state index contributed by atoms with van der Waals surface area (Å²) in [6, 6.07) is 9.41. The lowest BCUT2D eigenvalue weighted by molar-refractivity contribution is -0.117. The molecule has 2 N–H and O–H groups in total. The van der Waals surface area contributed by atoms with Crippen LogP contribution in [0.3, 0.4) is 0 Å². The Labute approximate surface area is 178 Å². The van der Waals surface area contributed by atoms with Crippen molar-refractivity contribution in [3.63, 3.8) is 0 Å². The van der Waals surface area contributed by atoms with Crippen molar-refractivity contribution in [2.75, 3.05) is 5.32 Å². The average Bonchev–Trinajstić information content (AvgIpc) is 3.46. The van der Waals surface area contributed by atoms with E-state index in [-0.39, 0.29) is 16.6 Å². The average molecular weight is 445 g/mol. The van der Waals surface area contributed by atoms with Gasteiger partial charge in [-0.2, -0.15) is 0 Å². The summed E-state index contributed by atoms with van der Waals surface area (Å²) in [6.07, 6.45) is 3.71. The number of carbonyl (C=O) groups excluding carboxylic acids is 1. The number of sulfonamides is 1. The Morgan fingerprint density at radius 2 is 2.13 bits per heavy atom. The summed E-state index contributed by atoms with van der Waals surface area (Å²) in [5.41, 5.74) is 1.11. The maximum absolute atomic E-state index is 12.9. The highest BCUT2D eigenvalue weighted by atomic mass is 32.2. The predicted molar refractivity (Wildman–Crippen MR) is 115 cm³/mol. The number of furan rings is 1. The Balaban J connectivity index is 1.57. The zero-order chi connectivity index (χ0) is 21.1. The van der Waals surface area contributed by atoms with Crippen molar-refractivity contribution in [1.29, 1.82) is 0 Å². The Kier molecular flexibility index (Phi) is 5.69. The second-order valence-corrected chi connectivity index (χ2v) is 9.25. The molecule has 1 atom stereocenters. The number of anilines is 1. The largest absolute Gasteiger partial charge is 0.463 e. The van der Waals surface area contributed by atoms with Crippen LogP contribution >= 0.6 is 11.3 Å². The number of aliphatic imine (C=N–C) groups is 1. The van der Waals surface area contributed by atoms with Gasteiger partial charge in [0.2, 0.25) is 0 Å². The number of carbonyl (C=O) groups is 1. The number of unbranched alkanes of at least 4 members (excludes halogenated alkanes) is 1. The Morgan fingerprint density at radius 1 is 1.30 bits per heavy atom. The molecule has 3 heterocycles. The van der Waals surface area contributed by atoms with Crippen LogP contribution in [-0.4, -0.2) is 31.2 Å². The van der Waals surface area contributed by atoms with Crippen LogP contribution in [0.2, 0.25) is 0 Å². The lowest BCUT2D eigenvalue weighted by atomic mass is 10.1. The third-order valence-electron chi connectivity index (χ3n) is 4.59. The molecular weight excluding hydrogens is 424 g/mol. The summed E-state index contributed by atoms with van der Waals surface area (Å²) in [5, 5.41) is 5.02. The molecule has 1 aromatic carbocycles. The monoisotopic (exact) mass is 444 g/mol. The summed E-state index contributed by atoms with van der Waals surface area (Å²) < 4.78 is 32.4. The fraction of sp³-hybridized carbons (Fsp3) is 0.250. The van der Waals surface area contributed by atoms with Crippen molar-refractivity contribution in [1.82, 2.24) is 9.71 Å². The highest BCUT2D eigenvalue weighted by Gasteiger charge is 2.32. The molecule has 10 heteroatoms. The number of fused-ring (bicyclic) bond motifs is 1. The van der Waals surface area contributed by atoms with E-state index in [0.29, 0.717) is 28.6 Å². The van der Waals surface area contributed by atoms with E-state index in [1.54, 1.807) is 42.0 Å². The number of hydrogen-bond acceptors (Lipinski definition) is 7. The molecule has 1 aliphatic heterocycles. The van der Waals surface area contributed by atoms with Crippen LogP contribution in [0.1, 0.15) is 31.7 Å². The third kappa shape index (κ3) is 4.14. The first-order valence-corrected chi connectivity index (χ1v) is 11.8. The van der Waals surface area contributed by atoms with Crippen molar-refractivity contribution in [3.05, 3.63) is 53.6 Å². The quantitative estimate of drug-likeness (QED) is 0.578. The van der Waals surface area contributed by atoms with Crippen LogP contribution in [0.5, 0.6) is 0 Å². The molecule has 0 bridgehead atoms. The van der Waals surface area contributed by atoms with Gasteiger partial charge in [-0.3, -0.25) is 14.5 Å². The number of aromatic nitrogens is 1. The SMILES string of the molecule is CCCCC(N=C1NS(=O)(=O)c2ccccc21)C(=O)Nc1nc(-c2ccco2)cs1. The molecule has 0 fully saturated rings. The molecule has 2 aromatic heterocycles. The van der Waals surface area contributed by atoms with E-state index >= 15 is 0 Å². The predicted octanol–water partition coefficient (Wildman–Crippen LogP) is 3.64. The van der Waals surface area contributed by atoms with Gasteiger partial charge >= 0.3 is 0 Å². The maximum atomic E-state index is 12.9. The van der Waals surface area contributed by atoms with Crippen LogP contribution in [0, 0.1) is 0 Å². The summed E-state index contributed by atoms with van der Waals surface area (Å²) in [5.74, 6) is 0.476. The van der Waals surface area contributed by atoms with Crippen LogP contribution < -0.4 is 10.0 Å². The van der Waals surface area contributed by atoms with Gasteiger partial charge in [0, 0.05) is 10.9 Å². The number of benzene rings is 1. The first kappa shape index (κ1) is 20.3. The number of hydrogen-bond donors (Lipinski definition) is 2. The first-order chi connectivity index (χ1) is 14.5. The molecule has 1 aliphatic rings. The Hall–Kier alpha value is -2.98. The lowest BCUT2D eigenvalue weighted by Crippen LogP contribution is -2.30. The van der Waals surface area contributed by atoms with Gasteiger partial charge in [0.15, 0.2) is 10.9 Å². The first-order valence-electron chi connectivity index (χ1n) is 9.48. The summed E-state index contributed by atoms with van der Waals surface area (Å²) in [7, 11) is -3.66. The summed E-state index contributed by atoms with van der Waals surface area (Å²) in [4.78, 5) is 21.9. The smallest absolute Gasteiger partial charge is 0.263 e. The van der Waals surface area contributed by atoms with E-state index in [4.69, 9.17) is 4.42 Å². The minimum Gasteiger partial charge on any atom is -0.463 e. The zero-order valence-electron chi connectivity index (χ0n) is 16.2. The van der Waals surface area contributed by atoms with Crippen LogP contribution in [0.15, 0.2) is 62.3 Å². The normalized spacial score (nSPS) is 16.8. The van der Waals surface area contributed by atoms with Gasteiger partial charge in [-0.1, -0.05) is 31.9 Å². The molecule has 156 valence electrons. The summed E-state index contributed by atoms with van der Waals surface area (Å²) in [6.45, 7) is 2.02. The van der Waals surface area contributed by atoms with Gasteiger partial charge in [0.05, 0.1) is 11.2 Å². The molecule has 3 aromatic rings. The van der Waals surface area contributed by atoms with E-state index in [1.807, 2.05) is 6.92 Å². The second kappa shape index (κ2) is 8.41. The molecule has 30 heavy (non-hydrogen) atoms. The van der Waals surface area contributed by atoms with E-state index in [9.17, 15) is 13.2 Å². The van der Waals surface area contributed by atoms with E-state index < -0.39 is 16.1 Å². The Morgan fingerprint density at radius 3 is 2.90 bits per heavy atom. The number of amides is 1. The third-order valence-corrected chi connectivity index (χ3v) is 6.74. The molecule has 0 saturated carbocycles. The van der Waals surface area contributed by atoms with E-state index in [2.05, 4.69) is 20.0 Å². The minimum absolute atomic E-state index is 0.168. The van der Waals surface area contributed by atoms with E-state index in [0.717, 1.165) is 12.8 Å². The van der Waals surface area contributed by atoms with Gasteiger partial charge in [-0.15, -0.1) is 11.3 Å². The molecular formula is C20H20N4O4S2. The number of nitrogens with zero attached hydrogens (tertiary/aromatic N) is 2. The van der Waals surface area contributed by atoms with Crippen molar-refractivity contribution < 1.29 is 17.6 Å². The van der Waals surface area contributed by atoms with Gasteiger partial charge in [0.25, 0.3) is 15.9 Å². The number of rotatable bonds is 7. The zero-order valence-corrected chi connectivity index (χ0v) is 17.8. The van der Waals surface area contributed by atoms with Gasteiger partial charge in [-0.25, -0.2) is 13.4 Å². The van der Waals surface area contributed by atoms with Gasteiger partial charge < -0.3 is 9.73 Å². The highest BCUT2D eigenvalue weighted by Crippen LogP contribution is 2.26. The second-order valence-electron chi connectivity index (χ2n) is 6.74. The standard InChI is InChI=1S/C20H20N4O4S2/c1-2-3-8-14(21-18-13-7-4-5-10-17(13)30(26,27)24-18)19(25)23-20-22-15(12-29-20)16-9-6-11-28-16/h4-7,9-12,14H,2-3,8H2,1H3,(H,21,24)(H,22,23,25). The molecule has 0 saturated heterocycles. The lowest BCUT2D eigenvalue weighted by Gasteiger charge is -2.12. The van der Waals surface area contributed by atoms with Crippen LogP contribution in [-0.2, 0) is 14.8 Å². The van der Waals surface area contributed by atoms with Crippen LogP contribution in [0.25, 0.3) is 11.5 Å². The fourth-order valence-electron chi connectivity index (χ4n) is 3.09. The number of amidine groups is 1. The molecule has 1 amide bonds. The topological polar surface area (TPSA) is 114 Å². The minimum atomic E-state index is -3.66. The maximum Gasteiger partial charge on any atom is 0.263 e. The van der Waals surface area contributed by atoms with Crippen molar-refractivity contribution in [3.8, 4) is 11.5 Å². The van der Waals surface area contributed by atoms with Gasteiger partial charge in [0.1, 0.15) is 17.6 Å². The molecule has 0 aliphatic carbocycles. The summed E-state index contributed by atoms with van der Waals surface area (Å²) >= 11 is 1.29. The van der Waals surface area contributed by atoms with Crippen molar-refractivity contribution in [2.24, 2.45) is 4.99 Å². The Bertz CT molecular complexity index is 1180. The van der Waals surface area contributed by atoms with Crippen molar-refractivity contribution in [2.45, 2.75) is 37.1 Å². The molecule has 8 nitrogen and oxygen atoms in total. The molecule has 4 rings (SSSR count). The number of nitrogens with one attached hydrogen (secondary N) is 2. The molecule has 0 radical (unpaired) electrons. The molecule has 0 spiro atoms. The highest BCUT2D eigenvalue weighted by molar-refractivity contribution is 7.90.